The van der Waals surface area contributed by atoms with E-state index in [1.807, 2.05) is 6.92 Å². The van der Waals surface area contributed by atoms with Crippen molar-refractivity contribution in [2.45, 2.75) is 13.5 Å². The summed E-state index contributed by atoms with van der Waals surface area (Å²) in [6, 6.07) is 0. The van der Waals surface area contributed by atoms with Crippen LogP contribution in [-0.4, -0.2) is 25.7 Å². The fourth-order valence-electron chi connectivity index (χ4n) is 0.840. The molecular formula is C6H12N3O2P. The minimum atomic E-state index is -1.83. The number of rotatable bonds is 3. The van der Waals surface area contributed by atoms with Crippen LogP contribution in [0.15, 0.2) is 6.20 Å². The van der Waals surface area contributed by atoms with Gasteiger partial charge in [-0.1, -0.05) is 0 Å². The maximum Gasteiger partial charge on any atom is 0.166 e. The smallest absolute Gasteiger partial charge is 0.166 e. The highest BCUT2D eigenvalue weighted by atomic mass is 31.2. The average molecular weight is 189 g/mol. The van der Waals surface area contributed by atoms with Gasteiger partial charge in [-0.25, -0.2) is 0 Å². The average Bonchev–Trinajstić information content (AvgIpc) is 2.28. The molecule has 0 atom stereocenters. The second kappa shape index (κ2) is 3.85. The van der Waals surface area contributed by atoms with Crippen LogP contribution in [0.25, 0.3) is 0 Å². The minimum absolute atomic E-state index is 0.329. The summed E-state index contributed by atoms with van der Waals surface area (Å²) in [4.78, 5) is 17.3. The van der Waals surface area contributed by atoms with Crippen LogP contribution in [0.3, 0.4) is 0 Å². The van der Waals surface area contributed by atoms with E-state index < -0.39 is 8.38 Å². The van der Waals surface area contributed by atoms with Gasteiger partial charge in [-0.05, 0) is 6.92 Å². The molecule has 0 aliphatic carbocycles. The minimum Gasteiger partial charge on any atom is -0.396 e. The molecule has 1 heterocycles. The van der Waals surface area contributed by atoms with E-state index in [4.69, 9.17) is 15.5 Å². The van der Waals surface area contributed by atoms with Crippen LogP contribution in [0.2, 0.25) is 0 Å². The van der Waals surface area contributed by atoms with Gasteiger partial charge in [0.05, 0.1) is 11.4 Å². The first kappa shape index (κ1) is 9.45. The Labute approximate surface area is 71.7 Å². The van der Waals surface area contributed by atoms with Crippen LogP contribution < -0.4 is 5.73 Å². The van der Waals surface area contributed by atoms with E-state index in [0.717, 1.165) is 5.69 Å². The highest BCUT2D eigenvalue weighted by Gasteiger charge is 2.02. The van der Waals surface area contributed by atoms with Crippen LogP contribution in [0.4, 0.5) is 5.69 Å². The molecule has 0 amide bonds. The maximum absolute atomic E-state index is 8.64. The third kappa shape index (κ3) is 2.44. The Bertz CT molecular complexity index is 242. The maximum atomic E-state index is 8.64. The largest absolute Gasteiger partial charge is 0.396 e. The topological polar surface area (TPSA) is 84.3 Å². The molecule has 1 rings (SSSR count). The number of hydrogen-bond acceptors (Lipinski definition) is 4. The molecule has 6 heteroatoms. The molecule has 0 aliphatic heterocycles. The number of nitrogens with zero attached hydrogens (tertiary/aromatic N) is 2. The van der Waals surface area contributed by atoms with Gasteiger partial charge in [0.15, 0.2) is 8.38 Å². The van der Waals surface area contributed by atoms with E-state index in [1.54, 1.807) is 10.9 Å². The molecule has 0 spiro atoms. The van der Waals surface area contributed by atoms with Crippen LogP contribution in [0.1, 0.15) is 5.69 Å². The van der Waals surface area contributed by atoms with Crippen molar-refractivity contribution in [2.24, 2.45) is 0 Å². The summed E-state index contributed by atoms with van der Waals surface area (Å²) in [5, 5.41) is 4.06. The second-order valence-corrected chi connectivity index (χ2v) is 3.72. The lowest BCUT2D eigenvalue weighted by molar-refractivity contribution is 0.474. The number of aryl methyl sites for hydroxylation is 2. The van der Waals surface area contributed by atoms with Crippen molar-refractivity contribution in [2.75, 3.05) is 11.9 Å². The van der Waals surface area contributed by atoms with Gasteiger partial charge in [0.1, 0.15) is 0 Å². The van der Waals surface area contributed by atoms with Crippen molar-refractivity contribution in [1.29, 1.82) is 0 Å². The van der Waals surface area contributed by atoms with Gasteiger partial charge >= 0.3 is 0 Å². The first-order valence-corrected chi connectivity index (χ1v) is 4.97. The summed E-state index contributed by atoms with van der Waals surface area (Å²) >= 11 is 0. The predicted octanol–water partition coefficient (Wildman–Crippen LogP) is 0.0702. The van der Waals surface area contributed by atoms with Gasteiger partial charge in [-0.2, -0.15) is 5.10 Å². The van der Waals surface area contributed by atoms with Gasteiger partial charge < -0.3 is 15.5 Å². The lowest BCUT2D eigenvalue weighted by atomic mass is 10.4. The Hall–Kier alpha value is -0.640. The summed E-state index contributed by atoms with van der Waals surface area (Å²) in [6.07, 6.45) is 2.02. The third-order valence-corrected chi connectivity index (χ3v) is 2.11. The van der Waals surface area contributed by atoms with E-state index in [1.165, 1.54) is 0 Å². The predicted molar refractivity (Wildman–Crippen MR) is 47.6 cm³/mol. The molecule has 0 unspecified atom stereocenters. The number of nitrogens with two attached hydrogens (primary N) is 1. The summed E-state index contributed by atoms with van der Waals surface area (Å²) in [6.45, 7) is 2.31. The van der Waals surface area contributed by atoms with Crippen molar-refractivity contribution >= 4 is 14.1 Å². The van der Waals surface area contributed by atoms with Crippen molar-refractivity contribution < 1.29 is 9.79 Å². The monoisotopic (exact) mass is 189 g/mol. The van der Waals surface area contributed by atoms with Gasteiger partial charge in [-0.3, -0.25) is 4.68 Å². The molecule has 0 aliphatic rings. The molecule has 0 saturated heterocycles. The molecule has 0 fully saturated rings. The molecule has 12 heavy (non-hydrogen) atoms. The molecule has 0 aromatic carbocycles. The summed E-state index contributed by atoms with van der Waals surface area (Å²) in [5.74, 6) is 0. The van der Waals surface area contributed by atoms with Crippen molar-refractivity contribution in [3.63, 3.8) is 0 Å². The normalized spacial score (nSPS) is 11.0. The molecule has 0 saturated carbocycles. The molecule has 5 nitrogen and oxygen atoms in total. The second-order valence-electron chi connectivity index (χ2n) is 2.53. The van der Waals surface area contributed by atoms with Gasteiger partial charge in [0.2, 0.25) is 0 Å². The number of hydrogen-bond donors (Lipinski definition) is 3. The highest BCUT2D eigenvalue weighted by Crippen LogP contribution is 2.22. The van der Waals surface area contributed by atoms with Crippen molar-refractivity contribution in [3.05, 3.63) is 11.9 Å². The molecule has 0 radical (unpaired) electrons. The van der Waals surface area contributed by atoms with E-state index in [2.05, 4.69) is 5.10 Å². The van der Waals surface area contributed by atoms with E-state index >= 15 is 0 Å². The number of nitrogen functional groups attached to an aromatic ring is 1. The zero-order valence-corrected chi connectivity index (χ0v) is 7.70. The Kier molecular flexibility index (Phi) is 3.03. The first-order chi connectivity index (χ1) is 5.59. The SMILES string of the molecule is Cc1nn(CCP(O)O)cc1N. The molecular weight excluding hydrogens is 177 g/mol. The quantitative estimate of drug-likeness (QED) is 0.587. The van der Waals surface area contributed by atoms with E-state index in [-0.39, 0.29) is 0 Å². The Morgan fingerprint density at radius 3 is 2.75 bits per heavy atom. The fourth-order valence-corrected chi connectivity index (χ4v) is 1.22. The first-order valence-electron chi connectivity index (χ1n) is 3.54. The van der Waals surface area contributed by atoms with E-state index in [0.29, 0.717) is 18.4 Å². The molecule has 1 aromatic heterocycles. The van der Waals surface area contributed by atoms with Gasteiger partial charge in [0, 0.05) is 18.9 Å². The van der Waals surface area contributed by atoms with Crippen LogP contribution in [0, 0.1) is 6.92 Å². The van der Waals surface area contributed by atoms with Crippen molar-refractivity contribution in [1.82, 2.24) is 9.78 Å². The zero-order chi connectivity index (χ0) is 9.14. The fraction of sp³-hybridized carbons (Fsp3) is 0.500. The van der Waals surface area contributed by atoms with E-state index in [9.17, 15) is 0 Å². The Morgan fingerprint density at radius 1 is 1.67 bits per heavy atom. The summed E-state index contributed by atoms with van der Waals surface area (Å²) in [5.41, 5.74) is 6.95. The zero-order valence-electron chi connectivity index (χ0n) is 6.80. The van der Waals surface area contributed by atoms with Crippen molar-refractivity contribution in [3.8, 4) is 0 Å². The van der Waals surface area contributed by atoms with Crippen LogP contribution in [0.5, 0.6) is 0 Å². The highest BCUT2D eigenvalue weighted by molar-refractivity contribution is 7.45. The number of anilines is 1. The molecule has 4 N–H and O–H groups in total. The number of aromatic nitrogens is 2. The molecule has 1 aromatic rings. The summed E-state index contributed by atoms with van der Waals surface area (Å²) < 4.78 is 1.62. The Balaban J connectivity index is 2.53. The standard InChI is InChI=1S/C6H12N3O2P/c1-5-6(7)4-9(8-5)2-3-12(10)11/h4,10-11H,2-3,7H2,1H3. The van der Waals surface area contributed by atoms with Gasteiger partial charge in [0.25, 0.3) is 0 Å². The lowest BCUT2D eigenvalue weighted by Crippen LogP contribution is -2.02. The van der Waals surface area contributed by atoms with Crippen LogP contribution in [-0.2, 0) is 6.54 Å². The molecule has 0 bridgehead atoms. The lowest BCUT2D eigenvalue weighted by Gasteiger charge is -2.01. The van der Waals surface area contributed by atoms with Gasteiger partial charge in [-0.15, -0.1) is 0 Å². The summed E-state index contributed by atoms with van der Waals surface area (Å²) in [7, 11) is -1.83. The van der Waals surface area contributed by atoms with Crippen LogP contribution >= 0.6 is 8.38 Å². The third-order valence-electron chi connectivity index (χ3n) is 1.51. The molecule has 68 valence electrons. The Morgan fingerprint density at radius 2 is 2.33 bits per heavy atom.